The van der Waals surface area contributed by atoms with Crippen LogP contribution in [0.25, 0.3) is 0 Å². The molecule has 2 aromatic rings. The van der Waals surface area contributed by atoms with Crippen LogP contribution in [-0.2, 0) is 4.79 Å². The third-order valence-electron chi connectivity index (χ3n) is 3.92. The van der Waals surface area contributed by atoms with Crippen molar-refractivity contribution >= 4 is 11.9 Å². The highest BCUT2D eigenvalue weighted by Crippen LogP contribution is 2.51. The number of hydrogen-bond acceptors (Lipinski definition) is 2. The van der Waals surface area contributed by atoms with E-state index in [4.69, 9.17) is 0 Å². The largest absolute Gasteiger partial charge is 0.479 e. The Balaban J connectivity index is 1.82. The monoisotopic (exact) mass is 281 g/mol. The van der Waals surface area contributed by atoms with Crippen molar-refractivity contribution < 1.29 is 14.7 Å². The van der Waals surface area contributed by atoms with Gasteiger partial charge >= 0.3 is 5.97 Å². The summed E-state index contributed by atoms with van der Waals surface area (Å²) in [6, 6.07) is 18.1. The summed E-state index contributed by atoms with van der Waals surface area (Å²) in [5, 5.41) is 12.2. The van der Waals surface area contributed by atoms with Crippen LogP contribution in [0.4, 0.5) is 0 Å². The van der Waals surface area contributed by atoms with E-state index >= 15 is 0 Å². The van der Waals surface area contributed by atoms with Crippen LogP contribution < -0.4 is 5.32 Å². The molecule has 2 N–H and O–H groups in total. The van der Waals surface area contributed by atoms with Crippen LogP contribution in [0.2, 0.25) is 0 Å². The van der Waals surface area contributed by atoms with Gasteiger partial charge in [0.25, 0.3) is 5.91 Å². The summed E-state index contributed by atoms with van der Waals surface area (Å²) >= 11 is 0. The summed E-state index contributed by atoms with van der Waals surface area (Å²) < 4.78 is 0. The highest BCUT2D eigenvalue weighted by Gasteiger charge is 2.62. The second-order valence-corrected chi connectivity index (χ2v) is 5.26. The van der Waals surface area contributed by atoms with Gasteiger partial charge < -0.3 is 10.4 Å². The number of hydrogen-bond donors (Lipinski definition) is 2. The Morgan fingerprint density at radius 2 is 1.57 bits per heavy atom. The van der Waals surface area contributed by atoms with E-state index in [1.165, 1.54) is 0 Å². The van der Waals surface area contributed by atoms with Gasteiger partial charge in [-0.1, -0.05) is 48.5 Å². The van der Waals surface area contributed by atoms with Gasteiger partial charge in [0.05, 0.1) is 0 Å². The van der Waals surface area contributed by atoms with Gasteiger partial charge in [0.2, 0.25) is 0 Å². The van der Waals surface area contributed by atoms with Gasteiger partial charge in [-0.15, -0.1) is 0 Å². The van der Waals surface area contributed by atoms with Crippen molar-refractivity contribution in [2.24, 2.45) is 0 Å². The van der Waals surface area contributed by atoms with Crippen LogP contribution in [0.3, 0.4) is 0 Å². The van der Waals surface area contributed by atoms with Gasteiger partial charge in [-0.05, 0) is 24.1 Å². The zero-order valence-corrected chi connectivity index (χ0v) is 11.3. The molecule has 3 rings (SSSR count). The Morgan fingerprint density at radius 3 is 2.14 bits per heavy atom. The Hall–Kier alpha value is -2.62. The molecule has 2 aromatic carbocycles. The normalized spacial score (nSPS) is 23.3. The van der Waals surface area contributed by atoms with Crippen molar-refractivity contribution in [3.05, 3.63) is 71.8 Å². The molecule has 1 fully saturated rings. The molecule has 2 atom stereocenters. The third kappa shape index (κ3) is 2.40. The van der Waals surface area contributed by atoms with Crippen molar-refractivity contribution in [3.8, 4) is 0 Å². The maximum atomic E-state index is 12.2. The lowest BCUT2D eigenvalue weighted by molar-refractivity contribution is -0.140. The molecule has 1 amide bonds. The lowest BCUT2D eigenvalue weighted by Gasteiger charge is -2.15. The predicted octanol–water partition coefficient (Wildman–Crippen LogP) is 2.43. The number of amides is 1. The second kappa shape index (κ2) is 5.05. The first kappa shape index (κ1) is 13.4. The molecule has 4 nitrogen and oxygen atoms in total. The van der Waals surface area contributed by atoms with Crippen LogP contribution in [-0.4, -0.2) is 22.5 Å². The molecular formula is C17H15NO3. The lowest BCUT2D eigenvalue weighted by atomic mass is 10.1. The van der Waals surface area contributed by atoms with Crippen LogP contribution in [0.15, 0.2) is 60.7 Å². The maximum absolute atomic E-state index is 12.2. The third-order valence-corrected chi connectivity index (χ3v) is 3.92. The fourth-order valence-electron chi connectivity index (χ4n) is 2.64. The Bertz CT molecular complexity index is 669. The minimum absolute atomic E-state index is 0.177. The van der Waals surface area contributed by atoms with E-state index in [-0.39, 0.29) is 11.8 Å². The summed E-state index contributed by atoms with van der Waals surface area (Å²) in [5.41, 5.74) is 0.221. The Morgan fingerprint density at radius 1 is 1.00 bits per heavy atom. The van der Waals surface area contributed by atoms with Crippen molar-refractivity contribution in [3.63, 3.8) is 0 Å². The topological polar surface area (TPSA) is 66.4 Å². The fraction of sp³-hybridized carbons (Fsp3) is 0.176. The van der Waals surface area contributed by atoms with Gasteiger partial charge in [0, 0.05) is 11.5 Å². The SMILES string of the molecule is O=C(N[C@]1(C(=O)O)C[C@H]1c1ccccc1)c1ccccc1. The molecule has 0 aromatic heterocycles. The molecule has 1 aliphatic rings. The highest BCUT2D eigenvalue weighted by atomic mass is 16.4. The molecule has 0 saturated heterocycles. The first-order chi connectivity index (χ1) is 10.1. The van der Waals surface area contributed by atoms with Crippen molar-refractivity contribution in [1.29, 1.82) is 0 Å². The Labute approximate surface area is 122 Å². The zero-order valence-electron chi connectivity index (χ0n) is 11.3. The average Bonchev–Trinajstić information content (AvgIpc) is 3.25. The number of carboxylic acids is 1. The molecule has 4 heteroatoms. The summed E-state index contributed by atoms with van der Waals surface area (Å²) in [7, 11) is 0. The van der Waals surface area contributed by atoms with Crippen LogP contribution in [0.1, 0.15) is 28.3 Å². The molecule has 1 aliphatic carbocycles. The summed E-state index contributed by atoms with van der Waals surface area (Å²) in [5.74, 6) is -1.51. The van der Waals surface area contributed by atoms with E-state index in [2.05, 4.69) is 5.32 Å². The molecule has 0 radical (unpaired) electrons. The van der Waals surface area contributed by atoms with Crippen molar-refractivity contribution in [2.75, 3.05) is 0 Å². The lowest BCUT2D eigenvalue weighted by Crippen LogP contribution is -2.44. The molecule has 1 saturated carbocycles. The van der Waals surface area contributed by atoms with Gasteiger partial charge in [-0.25, -0.2) is 4.79 Å². The molecule has 0 aliphatic heterocycles. The smallest absolute Gasteiger partial charge is 0.330 e. The van der Waals surface area contributed by atoms with Gasteiger partial charge in [0.1, 0.15) is 5.54 Å². The van der Waals surface area contributed by atoms with Crippen molar-refractivity contribution in [2.45, 2.75) is 17.9 Å². The molecule has 21 heavy (non-hydrogen) atoms. The highest BCUT2D eigenvalue weighted by molar-refractivity contribution is 5.99. The van der Waals surface area contributed by atoms with E-state index in [9.17, 15) is 14.7 Å². The van der Waals surface area contributed by atoms with Crippen molar-refractivity contribution in [1.82, 2.24) is 5.32 Å². The predicted molar refractivity (Wildman–Crippen MR) is 78.1 cm³/mol. The van der Waals surface area contributed by atoms with E-state index in [0.717, 1.165) is 5.56 Å². The maximum Gasteiger partial charge on any atom is 0.330 e. The Kier molecular flexibility index (Phi) is 3.22. The fourth-order valence-corrected chi connectivity index (χ4v) is 2.64. The first-order valence-corrected chi connectivity index (χ1v) is 6.79. The average molecular weight is 281 g/mol. The van der Waals surface area contributed by atoms with E-state index in [1.54, 1.807) is 24.3 Å². The first-order valence-electron chi connectivity index (χ1n) is 6.79. The molecule has 0 bridgehead atoms. The van der Waals surface area contributed by atoms with Crippen LogP contribution in [0.5, 0.6) is 0 Å². The summed E-state index contributed by atoms with van der Waals surface area (Å²) in [6.07, 6.45) is 0.422. The summed E-state index contributed by atoms with van der Waals surface area (Å²) in [4.78, 5) is 23.8. The molecular weight excluding hydrogens is 266 g/mol. The number of rotatable bonds is 4. The second-order valence-electron chi connectivity index (χ2n) is 5.26. The summed E-state index contributed by atoms with van der Waals surface area (Å²) in [6.45, 7) is 0. The van der Waals surface area contributed by atoms with E-state index in [0.29, 0.717) is 12.0 Å². The molecule has 0 heterocycles. The van der Waals surface area contributed by atoms with Gasteiger partial charge in [-0.3, -0.25) is 4.79 Å². The van der Waals surface area contributed by atoms with E-state index < -0.39 is 11.5 Å². The number of nitrogens with one attached hydrogen (secondary N) is 1. The van der Waals surface area contributed by atoms with Crippen LogP contribution in [0, 0.1) is 0 Å². The number of benzene rings is 2. The van der Waals surface area contributed by atoms with E-state index in [1.807, 2.05) is 36.4 Å². The number of carbonyl (C=O) groups is 2. The van der Waals surface area contributed by atoms with Gasteiger partial charge in [0.15, 0.2) is 0 Å². The quantitative estimate of drug-likeness (QED) is 0.904. The minimum atomic E-state index is -1.19. The van der Waals surface area contributed by atoms with Gasteiger partial charge in [-0.2, -0.15) is 0 Å². The van der Waals surface area contributed by atoms with Crippen LogP contribution >= 0.6 is 0 Å². The number of carboxylic acid groups (broad SMARTS) is 1. The molecule has 0 unspecified atom stereocenters. The molecule has 0 spiro atoms. The zero-order chi connectivity index (χ0) is 14.9. The standard InChI is InChI=1S/C17H15NO3/c19-15(13-9-5-2-6-10-13)18-17(16(20)21)11-14(17)12-7-3-1-4-8-12/h1-10,14H,11H2,(H,18,19)(H,20,21)/t14-,17+/m0/s1. The minimum Gasteiger partial charge on any atom is -0.479 e. The molecule has 106 valence electrons. The number of aliphatic carboxylic acids is 1. The number of carbonyl (C=O) groups excluding carboxylic acids is 1.